The zero-order valence-corrected chi connectivity index (χ0v) is 19.5. The first-order chi connectivity index (χ1) is 16.8. The summed E-state index contributed by atoms with van der Waals surface area (Å²) in [6, 6.07) is 6.66. The van der Waals surface area contributed by atoms with Crippen LogP contribution in [0.25, 0.3) is 22.5 Å². The predicted molar refractivity (Wildman–Crippen MR) is 126 cm³/mol. The maximum atomic E-state index is 13.1. The standard InChI is InChI=1S/C25H26F3N5O2/c1-3-22(34)31-18-9-12-33(13-10-18)21-15-30-23(16-4-6-17(7-5-16)25(26,27)28)24(32-21)19-14-29-11-8-20(19)35-2/h4-8,11,14-15,18H,3,9-10,12-13H2,1-2H3,(H,31,34). The van der Waals surface area contributed by atoms with Crippen molar-refractivity contribution in [3.8, 4) is 28.3 Å². The number of carbonyl (C=O) groups excluding carboxylic acids is 1. The Morgan fingerprint density at radius 3 is 2.46 bits per heavy atom. The fourth-order valence-corrected chi connectivity index (χ4v) is 4.07. The van der Waals surface area contributed by atoms with Crippen LogP contribution in [0, 0.1) is 0 Å². The van der Waals surface area contributed by atoms with Gasteiger partial charge >= 0.3 is 6.18 Å². The van der Waals surface area contributed by atoms with Gasteiger partial charge in [-0.15, -0.1) is 0 Å². The number of rotatable bonds is 6. The van der Waals surface area contributed by atoms with Crippen LogP contribution in [0.3, 0.4) is 0 Å². The van der Waals surface area contributed by atoms with Gasteiger partial charge < -0.3 is 15.0 Å². The summed E-state index contributed by atoms with van der Waals surface area (Å²) in [6.07, 6.45) is 2.41. The quantitative estimate of drug-likeness (QED) is 0.544. The molecule has 1 saturated heterocycles. The maximum absolute atomic E-state index is 13.1. The number of halogens is 3. The number of ether oxygens (including phenoxy) is 1. The largest absolute Gasteiger partial charge is 0.496 e. The van der Waals surface area contributed by atoms with Gasteiger partial charge in [-0.05, 0) is 31.0 Å². The average molecular weight is 486 g/mol. The summed E-state index contributed by atoms with van der Waals surface area (Å²) < 4.78 is 44.7. The van der Waals surface area contributed by atoms with E-state index in [1.165, 1.54) is 19.2 Å². The topological polar surface area (TPSA) is 80.2 Å². The highest BCUT2D eigenvalue weighted by Crippen LogP contribution is 2.37. The van der Waals surface area contributed by atoms with Crippen LogP contribution < -0.4 is 15.0 Å². The van der Waals surface area contributed by atoms with E-state index in [9.17, 15) is 18.0 Å². The number of aromatic nitrogens is 3. The highest BCUT2D eigenvalue weighted by molar-refractivity contribution is 5.81. The first-order valence-electron chi connectivity index (χ1n) is 11.4. The average Bonchev–Trinajstić information content (AvgIpc) is 2.88. The van der Waals surface area contributed by atoms with Crippen LogP contribution in [0.5, 0.6) is 5.75 Å². The van der Waals surface area contributed by atoms with Crippen LogP contribution in [0.1, 0.15) is 31.7 Å². The Bertz CT molecular complexity index is 1180. The highest BCUT2D eigenvalue weighted by atomic mass is 19.4. The molecule has 1 aromatic carbocycles. The van der Waals surface area contributed by atoms with Crippen molar-refractivity contribution < 1.29 is 22.7 Å². The minimum Gasteiger partial charge on any atom is -0.496 e. The number of pyridine rings is 1. The number of piperidine rings is 1. The van der Waals surface area contributed by atoms with E-state index in [1.807, 2.05) is 6.92 Å². The Labute approximate surface area is 201 Å². The second-order valence-corrected chi connectivity index (χ2v) is 8.26. The minimum absolute atomic E-state index is 0.0371. The molecule has 7 nitrogen and oxygen atoms in total. The molecule has 1 amide bonds. The van der Waals surface area contributed by atoms with Gasteiger partial charge in [0, 0.05) is 43.5 Å². The van der Waals surface area contributed by atoms with Crippen molar-refractivity contribution in [2.75, 3.05) is 25.1 Å². The minimum atomic E-state index is -4.42. The van der Waals surface area contributed by atoms with E-state index in [-0.39, 0.29) is 11.9 Å². The van der Waals surface area contributed by atoms with Gasteiger partial charge in [0.15, 0.2) is 0 Å². The van der Waals surface area contributed by atoms with Crippen molar-refractivity contribution in [2.45, 2.75) is 38.4 Å². The van der Waals surface area contributed by atoms with E-state index in [4.69, 9.17) is 9.72 Å². The van der Waals surface area contributed by atoms with Gasteiger partial charge in [-0.2, -0.15) is 13.2 Å². The normalized spacial score (nSPS) is 14.6. The molecule has 4 rings (SSSR count). The predicted octanol–water partition coefficient (Wildman–Crippen LogP) is 4.73. The first-order valence-corrected chi connectivity index (χ1v) is 11.4. The van der Waals surface area contributed by atoms with Crippen LogP contribution in [0.4, 0.5) is 19.0 Å². The van der Waals surface area contributed by atoms with Gasteiger partial charge in [0.2, 0.25) is 5.91 Å². The molecule has 0 aliphatic carbocycles. The van der Waals surface area contributed by atoms with E-state index < -0.39 is 11.7 Å². The summed E-state index contributed by atoms with van der Waals surface area (Å²) in [5.41, 5.74) is 1.25. The second kappa shape index (κ2) is 10.3. The van der Waals surface area contributed by atoms with Crippen molar-refractivity contribution in [2.24, 2.45) is 0 Å². The number of hydrogen-bond donors (Lipinski definition) is 1. The Kier molecular flexibility index (Phi) is 7.18. The number of benzene rings is 1. The van der Waals surface area contributed by atoms with E-state index >= 15 is 0 Å². The van der Waals surface area contributed by atoms with E-state index in [0.717, 1.165) is 25.0 Å². The zero-order valence-electron chi connectivity index (χ0n) is 19.5. The molecule has 0 unspecified atom stereocenters. The van der Waals surface area contributed by atoms with Crippen molar-refractivity contribution in [3.63, 3.8) is 0 Å². The second-order valence-electron chi connectivity index (χ2n) is 8.26. The Hall–Kier alpha value is -3.69. The van der Waals surface area contributed by atoms with Gasteiger partial charge in [-0.1, -0.05) is 19.1 Å². The van der Waals surface area contributed by atoms with Crippen LogP contribution >= 0.6 is 0 Å². The summed E-state index contributed by atoms with van der Waals surface area (Å²) >= 11 is 0. The van der Waals surface area contributed by atoms with Gasteiger partial charge in [0.25, 0.3) is 0 Å². The SMILES string of the molecule is CCC(=O)NC1CCN(c2cnc(-c3ccc(C(F)(F)F)cc3)c(-c3cnccc3OC)n2)CC1. The molecule has 0 saturated carbocycles. The van der Waals surface area contributed by atoms with Crippen molar-refractivity contribution >= 4 is 11.7 Å². The molecular formula is C25H26F3N5O2. The molecule has 0 radical (unpaired) electrons. The lowest BCUT2D eigenvalue weighted by Crippen LogP contribution is -2.44. The number of nitrogens with one attached hydrogen (secondary N) is 1. The lowest BCUT2D eigenvalue weighted by atomic mass is 10.0. The molecule has 1 N–H and O–H groups in total. The smallest absolute Gasteiger partial charge is 0.416 e. The van der Waals surface area contributed by atoms with Gasteiger partial charge in [0.1, 0.15) is 17.3 Å². The summed E-state index contributed by atoms with van der Waals surface area (Å²) in [5.74, 6) is 1.21. The number of hydrogen-bond acceptors (Lipinski definition) is 6. The Balaban J connectivity index is 1.69. The number of nitrogens with zero attached hydrogens (tertiary/aromatic N) is 4. The lowest BCUT2D eigenvalue weighted by molar-refractivity contribution is -0.137. The molecule has 1 aliphatic heterocycles. The van der Waals surface area contributed by atoms with Crippen LogP contribution in [0.2, 0.25) is 0 Å². The van der Waals surface area contributed by atoms with E-state index in [2.05, 4.69) is 20.2 Å². The third kappa shape index (κ3) is 5.52. The van der Waals surface area contributed by atoms with Gasteiger partial charge in [0.05, 0.1) is 30.1 Å². The number of carbonyl (C=O) groups is 1. The van der Waals surface area contributed by atoms with Crippen LogP contribution in [-0.4, -0.2) is 47.1 Å². The number of alkyl halides is 3. The monoisotopic (exact) mass is 485 g/mol. The maximum Gasteiger partial charge on any atom is 0.416 e. The number of amides is 1. The molecular weight excluding hydrogens is 459 g/mol. The van der Waals surface area contributed by atoms with Crippen molar-refractivity contribution in [1.29, 1.82) is 0 Å². The highest BCUT2D eigenvalue weighted by Gasteiger charge is 2.30. The molecule has 1 fully saturated rings. The van der Waals surface area contributed by atoms with Crippen LogP contribution in [0.15, 0.2) is 48.9 Å². The van der Waals surface area contributed by atoms with E-state index in [0.29, 0.717) is 53.6 Å². The Morgan fingerprint density at radius 2 is 1.83 bits per heavy atom. The van der Waals surface area contributed by atoms with Crippen molar-refractivity contribution in [3.05, 3.63) is 54.5 Å². The first kappa shape index (κ1) is 24.4. The summed E-state index contributed by atoms with van der Waals surface area (Å²) in [7, 11) is 1.53. The Morgan fingerprint density at radius 1 is 1.11 bits per heavy atom. The lowest BCUT2D eigenvalue weighted by Gasteiger charge is -2.33. The molecule has 10 heteroatoms. The van der Waals surface area contributed by atoms with E-state index in [1.54, 1.807) is 24.7 Å². The molecule has 0 spiro atoms. The number of methoxy groups -OCH3 is 1. The molecule has 2 aromatic heterocycles. The molecule has 1 aliphatic rings. The fraction of sp³-hybridized carbons (Fsp3) is 0.360. The summed E-state index contributed by atoms with van der Waals surface area (Å²) in [6.45, 7) is 3.20. The van der Waals surface area contributed by atoms with Gasteiger partial charge in [-0.3, -0.25) is 14.8 Å². The summed E-state index contributed by atoms with van der Waals surface area (Å²) in [4.78, 5) is 27.5. The fourth-order valence-electron chi connectivity index (χ4n) is 4.07. The molecule has 0 atom stereocenters. The number of anilines is 1. The van der Waals surface area contributed by atoms with Crippen LogP contribution in [-0.2, 0) is 11.0 Å². The third-order valence-electron chi connectivity index (χ3n) is 6.01. The van der Waals surface area contributed by atoms with Gasteiger partial charge in [-0.25, -0.2) is 4.98 Å². The van der Waals surface area contributed by atoms with Crippen molar-refractivity contribution in [1.82, 2.24) is 20.3 Å². The molecule has 0 bridgehead atoms. The third-order valence-corrected chi connectivity index (χ3v) is 6.01. The molecule has 184 valence electrons. The summed E-state index contributed by atoms with van der Waals surface area (Å²) in [5, 5.41) is 3.03. The molecule has 3 heterocycles. The molecule has 35 heavy (non-hydrogen) atoms. The zero-order chi connectivity index (χ0) is 25.0. The molecule has 3 aromatic rings.